The highest BCUT2D eigenvalue weighted by Gasteiger charge is 2.50. The van der Waals surface area contributed by atoms with Gasteiger partial charge in [-0.1, -0.05) is 0 Å². The van der Waals surface area contributed by atoms with Crippen molar-refractivity contribution in [1.82, 2.24) is 0 Å². The molecule has 1 aliphatic heterocycles. The van der Waals surface area contributed by atoms with Crippen LogP contribution < -0.4 is 4.90 Å². The number of carboxylic acid groups (broad SMARTS) is 1. The Morgan fingerprint density at radius 1 is 1.38 bits per heavy atom. The predicted molar refractivity (Wildman–Crippen MR) is 73.1 cm³/mol. The van der Waals surface area contributed by atoms with E-state index in [1.165, 1.54) is 11.0 Å². The Labute approximate surface area is 120 Å². The van der Waals surface area contributed by atoms with E-state index in [0.29, 0.717) is 30.6 Å². The maximum absolute atomic E-state index is 12.3. The topological polar surface area (TPSA) is 101 Å². The third kappa shape index (κ3) is 2.14. The Morgan fingerprint density at radius 2 is 2.10 bits per heavy atom. The van der Waals surface area contributed by atoms with Gasteiger partial charge in [-0.3, -0.25) is 19.7 Å². The van der Waals surface area contributed by atoms with Crippen molar-refractivity contribution in [2.24, 2.45) is 11.8 Å². The van der Waals surface area contributed by atoms with Gasteiger partial charge in [0, 0.05) is 18.2 Å². The van der Waals surface area contributed by atoms with Crippen LogP contribution in [0.15, 0.2) is 12.1 Å². The second kappa shape index (κ2) is 4.54. The van der Waals surface area contributed by atoms with Gasteiger partial charge in [-0.15, -0.1) is 0 Å². The molecule has 0 spiro atoms. The molecule has 2 atom stereocenters. The molecule has 1 aliphatic carbocycles. The summed E-state index contributed by atoms with van der Waals surface area (Å²) in [7, 11) is 0. The van der Waals surface area contributed by atoms with Gasteiger partial charge < -0.3 is 10.0 Å². The van der Waals surface area contributed by atoms with Crippen molar-refractivity contribution in [2.45, 2.75) is 19.8 Å². The van der Waals surface area contributed by atoms with E-state index < -0.39 is 22.7 Å². The zero-order valence-electron chi connectivity index (χ0n) is 11.4. The van der Waals surface area contributed by atoms with Crippen LogP contribution in [0.3, 0.4) is 0 Å². The summed E-state index contributed by atoms with van der Waals surface area (Å²) in [6.45, 7) is 2.13. The number of benzene rings is 1. The Balaban J connectivity index is 1.90. The van der Waals surface area contributed by atoms with Crippen LogP contribution in [-0.2, 0) is 16.0 Å². The lowest BCUT2D eigenvalue weighted by Crippen LogP contribution is -2.31. The summed E-state index contributed by atoms with van der Waals surface area (Å²) >= 11 is 0. The van der Waals surface area contributed by atoms with Crippen molar-refractivity contribution in [3.8, 4) is 0 Å². The fourth-order valence-electron chi connectivity index (χ4n) is 2.92. The highest BCUT2D eigenvalue weighted by Crippen LogP contribution is 2.43. The Hall–Kier alpha value is -2.44. The standard InChI is InChI=1S/C14H14N2O5/c1-7-4-8-2-3-15(12(8)6-11(7)16(20)21)13(17)9-5-10(9)14(18)19/h4,6,9-10H,2-3,5H2,1H3,(H,18,19). The second-order valence-corrected chi connectivity index (χ2v) is 5.55. The zero-order chi connectivity index (χ0) is 15.3. The summed E-state index contributed by atoms with van der Waals surface area (Å²) in [6.07, 6.45) is 0.998. The van der Waals surface area contributed by atoms with Gasteiger partial charge in [0.25, 0.3) is 5.69 Å². The Bertz CT molecular complexity index is 670. The van der Waals surface area contributed by atoms with Crippen LogP contribution in [0.1, 0.15) is 17.5 Å². The van der Waals surface area contributed by atoms with Gasteiger partial charge in [0.1, 0.15) is 0 Å². The number of nitro benzene ring substituents is 1. The number of aryl methyl sites for hydroxylation is 1. The van der Waals surface area contributed by atoms with Crippen LogP contribution in [0.4, 0.5) is 11.4 Å². The van der Waals surface area contributed by atoms with Gasteiger partial charge in [-0.05, 0) is 31.4 Å². The molecule has 0 radical (unpaired) electrons. The Morgan fingerprint density at radius 3 is 2.67 bits per heavy atom. The van der Waals surface area contributed by atoms with Crippen LogP contribution in [0.5, 0.6) is 0 Å². The van der Waals surface area contributed by atoms with Crippen LogP contribution >= 0.6 is 0 Å². The third-order valence-electron chi connectivity index (χ3n) is 4.18. The smallest absolute Gasteiger partial charge is 0.307 e. The van der Waals surface area contributed by atoms with Gasteiger partial charge in [0.05, 0.1) is 22.4 Å². The van der Waals surface area contributed by atoms with E-state index in [1.54, 1.807) is 13.0 Å². The first-order valence-corrected chi connectivity index (χ1v) is 6.72. The Kier molecular flexibility index (Phi) is 2.93. The summed E-state index contributed by atoms with van der Waals surface area (Å²) in [5.41, 5.74) is 2.01. The maximum atomic E-state index is 12.3. The summed E-state index contributed by atoms with van der Waals surface area (Å²) in [5, 5.41) is 19.9. The van der Waals surface area contributed by atoms with Gasteiger partial charge >= 0.3 is 5.97 Å². The number of anilines is 1. The van der Waals surface area contributed by atoms with Crippen molar-refractivity contribution in [3.63, 3.8) is 0 Å². The average molecular weight is 290 g/mol. The van der Waals surface area contributed by atoms with E-state index in [0.717, 1.165) is 5.56 Å². The van der Waals surface area contributed by atoms with Crippen molar-refractivity contribution in [3.05, 3.63) is 33.4 Å². The van der Waals surface area contributed by atoms with E-state index in [-0.39, 0.29) is 11.6 Å². The molecule has 1 aromatic rings. The summed E-state index contributed by atoms with van der Waals surface area (Å²) in [6, 6.07) is 3.16. The molecule has 21 heavy (non-hydrogen) atoms. The molecular weight excluding hydrogens is 276 g/mol. The first-order chi connectivity index (χ1) is 9.90. The number of hydrogen-bond acceptors (Lipinski definition) is 4. The molecule has 2 aliphatic rings. The van der Waals surface area contributed by atoms with Crippen LogP contribution in [0, 0.1) is 28.9 Å². The molecule has 0 aromatic heterocycles. The number of hydrogen-bond donors (Lipinski definition) is 1. The molecule has 1 N–H and O–H groups in total. The highest BCUT2D eigenvalue weighted by atomic mass is 16.6. The first kappa shape index (κ1) is 13.5. The molecule has 0 bridgehead atoms. The number of carbonyl (C=O) groups is 2. The number of amides is 1. The number of nitro groups is 1. The number of fused-ring (bicyclic) bond motifs is 1. The minimum Gasteiger partial charge on any atom is -0.481 e. The molecule has 1 saturated carbocycles. The molecule has 0 saturated heterocycles. The molecular formula is C14H14N2O5. The van der Waals surface area contributed by atoms with E-state index in [2.05, 4.69) is 0 Å². The SMILES string of the molecule is Cc1cc2c(cc1[N+](=O)[O-])N(C(=O)C1CC1C(=O)O)CC2. The lowest BCUT2D eigenvalue weighted by atomic mass is 10.1. The molecule has 7 heteroatoms. The van der Waals surface area contributed by atoms with Gasteiger partial charge in [0.15, 0.2) is 0 Å². The first-order valence-electron chi connectivity index (χ1n) is 6.72. The number of rotatable bonds is 3. The lowest BCUT2D eigenvalue weighted by molar-refractivity contribution is -0.385. The molecule has 1 aromatic carbocycles. The average Bonchev–Trinajstić information content (AvgIpc) is 3.12. The number of nitrogens with zero attached hydrogens (tertiary/aromatic N) is 2. The summed E-state index contributed by atoms with van der Waals surface area (Å²) in [4.78, 5) is 35.2. The monoisotopic (exact) mass is 290 g/mol. The highest BCUT2D eigenvalue weighted by molar-refractivity contribution is 6.01. The fraction of sp³-hybridized carbons (Fsp3) is 0.429. The van der Waals surface area contributed by atoms with Crippen LogP contribution in [0.2, 0.25) is 0 Å². The molecule has 1 amide bonds. The van der Waals surface area contributed by atoms with Crippen molar-refractivity contribution in [2.75, 3.05) is 11.4 Å². The summed E-state index contributed by atoms with van der Waals surface area (Å²) in [5.74, 6) is -2.29. The molecule has 1 heterocycles. The van der Waals surface area contributed by atoms with Gasteiger partial charge in [-0.2, -0.15) is 0 Å². The van der Waals surface area contributed by atoms with Crippen LogP contribution in [0.25, 0.3) is 0 Å². The minimum atomic E-state index is -0.956. The molecule has 2 unspecified atom stereocenters. The minimum absolute atomic E-state index is 0.0148. The van der Waals surface area contributed by atoms with Crippen molar-refractivity contribution in [1.29, 1.82) is 0 Å². The molecule has 110 valence electrons. The van der Waals surface area contributed by atoms with Gasteiger partial charge in [0.2, 0.25) is 5.91 Å². The third-order valence-corrected chi connectivity index (χ3v) is 4.18. The van der Waals surface area contributed by atoms with Crippen LogP contribution in [-0.4, -0.2) is 28.5 Å². The quantitative estimate of drug-likeness (QED) is 0.671. The normalized spacial score (nSPS) is 22.8. The largest absolute Gasteiger partial charge is 0.481 e. The van der Waals surface area contributed by atoms with E-state index in [4.69, 9.17) is 5.11 Å². The second-order valence-electron chi connectivity index (χ2n) is 5.55. The molecule has 1 fully saturated rings. The molecule has 3 rings (SSSR count). The van der Waals surface area contributed by atoms with E-state index in [9.17, 15) is 19.7 Å². The fourth-order valence-corrected chi connectivity index (χ4v) is 2.92. The van der Waals surface area contributed by atoms with Gasteiger partial charge in [-0.25, -0.2) is 0 Å². The zero-order valence-corrected chi connectivity index (χ0v) is 11.4. The summed E-state index contributed by atoms with van der Waals surface area (Å²) < 4.78 is 0. The van der Waals surface area contributed by atoms with Crippen molar-refractivity contribution >= 4 is 23.3 Å². The number of aliphatic carboxylic acids is 1. The lowest BCUT2D eigenvalue weighted by Gasteiger charge is -2.17. The van der Waals surface area contributed by atoms with E-state index in [1.807, 2.05) is 0 Å². The maximum Gasteiger partial charge on any atom is 0.307 e. The van der Waals surface area contributed by atoms with Crippen molar-refractivity contribution < 1.29 is 19.6 Å². The number of carbonyl (C=O) groups excluding carboxylic acids is 1. The molecule has 7 nitrogen and oxygen atoms in total. The van der Waals surface area contributed by atoms with E-state index >= 15 is 0 Å². The number of carboxylic acids is 1. The predicted octanol–water partition coefficient (Wildman–Crippen LogP) is 1.51.